The number of hydrogen-bond acceptors (Lipinski definition) is 2. The molecular weight excluding hydrogens is 380 g/mol. The fraction of sp³-hybridized carbons (Fsp3) is 0.862. The summed E-state index contributed by atoms with van der Waals surface area (Å²) in [5.74, 6) is 4.21. The Kier molecular flexibility index (Phi) is 6.56. The van der Waals surface area contributed by atoms with E-state index in [0.29, 0.717) is 23.2 Å². The minimum absolute atomic E-state index is 0.170. The van der Waals surface area contributed by atoms with Gasteiger partial charge in [-0.25, -0.2) is 0 Å². The molecule has 4 rings (SSSR count). The quantitative estimate of drug-likeness (QED) is 0.451. The molecule has 176 valence electrons. The Morgan fingerprint density at radius 3 is 2.48 bits per heavy atom. The number of hydrogen-bond donors (Lipinski definition) is 2. The lowest BCUT2D eigenvalue weighted by Crippen LogP contribution is -2.53. The van der Waals surface area contributed by atoms with Gasteiger partial charge in [0, 0.05) is 0 Å². The van der Waals surface area contributed by atoms with Crippen molar-refractivity contribution in [3.05, 3.63) is 23.8 Å². The topological polar surface area (TPSA) is 40.5 Å². The van der Waals surface area contributed by atoms with Crippen LogP contribution in [0.5, 0.6) is 0 Å². The van der Waals surface area contributed by atoms with Crippen molar-refractivity contribution in [3.8, 4) is 0 Å². The molecule has 10 atom stereocenters. The van der Waals surface area contributed by atoms with E-state index in [1.54, 1.807) is 5.57 Å². The third-order valence-electron chi connectivity index (χ3n) is 11.0. The maximum Gasteiger partial charge on any atom is 0.0804 e. The molecule has 2 N–H and O–H groups in total. The zero-order valence-electron chi connectivity index (χ0n) is 20.9. The summed E-state index contributed by atoms with van der Waals surface area (Å²) in [6.07, 6.45) is 13.4. The molecule has 3 unspecified atom stereocenters. The van der Waals surface area contributed by atoms with Gasteiger partial charge in [0.1, 0.15) is 0 Å². The molecule has 31 heavy (non-hydrogen) atoms. The SMILES string of the molecule is C=C(C)[C@H](CC)CC[C@@H](C)[C@H]1CC[C@H]2C3=CCC4CC(O)C(O)C[C@]4(C)[C@H]3CC[C@]12C. The molecule has 0 bridgehead atoms. The van der Waals surface area contributed by atoms with Crippen molar-refractivity contribution in [2.75, 3.05) is 0 Å². The summed E-state index contributed by atoms with van der Waals surface area (Å²) in [6, 6.07) is 0. The summed E-state index contributed by atoms with van der Waals surface area (Å²) in [6.45, 7) is 16.3. The highest BCUT2D eigenvalue weighted by atomic mass is 16.3. The lowest BCUT2D eigenvalue weighted by Gasteiger charge is -2.58. The molecule has 0 spiro atoms. The summed E-state index contributed by atoms with van der Waals surface area (Å²) in [7, 11) is 0. The smallest absolute Gasteiger partial charge is 0.0804 e. The zero-order valence-corrected chi connectivity index (χ0v) is 20.9. The van der Waals surface area contributed by atoms with Crippen LogP contribution in [0.4, 0.5) is 0 Å². The van der Waals surface area contributed by atoms with Gasteiger partial charge in [0.15, 0.2) is 0 Å². The molecule has 2 nitrogen and oxygen atoms in total. The summed E-state index contributed by atoms with van der Waals surface area (Å²) in [5.41, 5.74) is 3.73. The van der Waals surface area contributed by atoms with E-state index in [9.17, 15) is 10.2 Å². The molecular formula is C29H48O2. The minimum Gasteiger partial charge on any atom is -0.390 e. The largest absolute Gasteiger partial charge is 0.390 e. The van der Waals surface area contributed by atoms with Gasteiger partial charge in [-0.1, -0.05) is 51.5 Å². The first kappa shape index (κ1) is 23.6. The summed E-state index contributed by atoms with van der Waals surface area (Å²) < 4.78 is 0. The molecule has 2 heteroatoms. The highest BCUT2D eigenvalue weighted by molar-refractivity contribution is 5.28. The van der Waals surface area contributed by atoms with Gasteiger partial charge in [0.2, 0.25) is 0 Å². The molecule has 0 saturated heterocycles. The lowest BCUT2D eigenvalue weighted by molar-refractivity contribution is -0.107. The normalized spacial score (nSPS) is 46.4. The Hall–Kier alpha value is -0.600. The van der Waals surface area contributed by atoms with Gasteiger partial charge in [0.25, 0.3) is 0 Å². The van der Waals surface area contributed by atoms with E-state index in [1.807, 2.05) is 0 Å². The van der Waals surface area contributed by atoms with E-state index >= 15 is 0 Å². The molecule has 3 fully saturated rings. The third kappa shape index (κ3) is 3.88. The Labute approximate surface area is 191 Å². The van der Waals surface area contributed by atoms with E-state index in [1.165, 1.54) is 50.5 Å². The van der Waals surface area contributed by atoms with Crippen LogP contribution >= 0.6 is 0 Å². The molecule has 0 heterocycles. The number of aliphatic hydroxyl groups is 2. The first-order chi connectivity index (χ1) is 14.6. The second-order valence-electron chi connectivity index (χ2n) is 12.6. The predicted molar refractivity (Wildman–Crippen MR) is 130 cm³/mol. The van der Waals surface area contributed by atoms with Crippen molar-refractivity contribution in [2.45, 2.75) is 111 Å². The predicted octanol–water partition coefficient (Wildman–Crippen LogP) is 6.92. The van der Waals surface area contributed by atoms with Crippen molar-refractivity contribution < 1.29 is 10.2 Å². The fourth-order valence-corrected chi connectivity index (χ4v) is 8.97. The van der Waals surface area contributed by atoms with Gasteiger partial charge in [-0.15, -0.1) is 0 Å². The van der Waals surface area contributed by atoms with E-state index < -0.39 is 12.2 Å². The van der Waals surface area contributed by atoms with E-state index in [-0.39, 0.29) is 5.41 Å². The van der Waals surface area contributed by atoms with E-state index in [0.717, 1.165) is 37.0 Å². The van der Waals surface area contributed by atoms with Crippen LogP contribution in [-0.4, -0.2) is 22.4 Å². The summed E-state index contributed by atoms with van der Waals surface area (Å²) in [4.78, 5) is 0. The van der Waals surface area contributed by atoms with Crippen LogP contribution in [0.25, 0.3) is 0 Å². The fourth-order valence-electron chi connectivity index (χ4n) is 8.97. The molecule has 0 amide bonds. The van der Waals surface area contributed by atoms with Crippen LogP contribution in [0.15, 0.2) is 23.8 Å². The van der Waals surface area contributed by atoms with Crippen LogP contribution in [0.1, 0.15) is 98.8 Å². The average Bonchev–Trinajstić information content (AvgIpc) is 3.06. The van der Waals surface area contributed by atoms with Crippen molar-refractivity contribution >= 4 is 0 Å². The van der Waals surface area contributed by atoms with Crippen LogP contribution < -0.4 is 0 Å². The van der Waals surface area contributed by atoms with Crippen LogP contribution in [0, 0.1) is 46.3 Å². The number of rotatable bonds is 6. The number of aliphatic hydroxyl groups excluding tert-OH is 2. The van der Waals surface area contributed by atoms with E-state index in [2.05, 4.69) is 47.3 Å². The van der Waals surface area contributed by atoms with Gasteiger partial charge in [-0.3, -0.25) is 0 Å². The maximum atomic E-state index is 10.5. The minimum atomic E-state index is -0.537. The average molecular weight is 429 g/mol. The van der Waals surface area contributed by atoms with Crippen molar-refractivity contribution in [1.82, 2.24) is 0 Å². The number of allylic oxidation sites excluding steroid dienone is 3. The van der Waals surface area contributed by atoms with Crippen LogP contribution in [0.2, 0.25) is 0 Å². The first-order valence-corrected chi connectivity index (χ1v) is 13.3. The molecule has 4 aliphatic rings. The molecule has 0 aromatic heterocycles. The highest BCUT2D eigenvalue weighted by Gasteiger charge is 2.59. The molecule has 4 aliphatic carbocycles. The Bertz CT molecular complexity index is 710. The standard InChI is InChI=1S/C29H48O2/c1-7-20(18(2)3)9-8-19(4)23-12-13-24-22-11-10-21-16-26(30)27(31)17-29(21,6)25(22)14-15-28(23,24)5/h11,19-21,23-27,30-31H,2,7-10,12-17H2,1,3-6H3/t19-,20-,21?,23-,24+,25+,26?,27?,28-,29+/m1/s1. The van der Waals surface area contributed by atoms with Crippen molar-refractivity contribution in [2.24, 2.45) is 46.3 Å². The van der Waals surface area contributed by atoms with E-state index in [4.69, 9.17) is 0 Å². The molecule has 3 saturated carbocycles. The van der Waals surface area contributed by atoms with Crippen LogP contribution in [-0.2, 0) is 0 Å². The van der Waals surface area contributed by atoms with Gasteiger partial charge in [0.05, 0.1) is 12.2 Å². The Morgan fingerprint density at radius 1 is 1.10 bits per heavy atom. The summed E-state index contributed by atoms with van der Waals surface area (Å²) in [5, 5.41) is 20.8. The monoisotopic (exact) mass is 428 g/mol. The first-order valence-electron chi connectivity index (χ1n) is 13.3. The van der Waals surface area contributed by atoms with Gasteiger partial charge >= 0.3 is 0 Å². The Balaban J connectivity index is 1.50. The van der Waals surface area contributed by atoms with Gasteiger partial charge in [-0.2, -0.15) is 0 Å². The second kappa shape index (κ2) is 8.64. The second-order valence-corrected chi connectivity index (χ2v) is 12.6. The third-order valence-corrected chi connectivity index (χ3v) is 11.0. The zero-order chi connectivity index (χ0) is 22.6. The van der Waals surface area contributed by atoms with Gasteiger partial charge in [-0.05, 0) is 117 Å². The molecule has 0 aromatic carbocycles. The maximum absolute atomic E-state index is 10.5. The van der Waals surface area contributed by atoms with Gasteiger partial charge < -0.3 is 10.2 Å². The lowest BCUT2D eigenvalue weighted by atomic mass is 9.47. The Morgan fingerprint density at radius 2 is 1.81 bits per heavy atom. The molecule has 0 aliphatic heterocycles. The van der Waals surface area contributed by atoms with Crippen molar-refractivity contribution in [3.63, 3.8) is 0 Å². The van der Waals surface area contributed by atoms with Crippen molar-refractivity contribution in [1.29, 1.82) is 0 Å². The number of fused-ring (bicyclic) bond motifs is 5. The summed E-state index contributed by atoms with van der Waals surface area (Å²) >= 11 is 0. The van der Waals surface area contributed by atoms with Crippen LogP contribution in [0.3, 0.4) is 0 Å². The highest BCUT2D eigenvalue weighted by Crippen LogP contribution is 2.67. The molecule has 0 radical (unpaired) electrons. The molecule has 0 aromatic rings.